The summed E-state index contributed by atoms with van der Waals surface area (Å²) in [6, 6.07) is 19.6. The number of imide groups is 1. The van der Waals surface area contributed by atoms with Gasteiger partial charge in [-0.2, -0.15) is 0 Å². The van der Waals surface area contributed by atoms with Crippen molar-refractivity contribution < 1.29 is 23.7 Å². The van der Waals surface area contributed by atoms with Crippen LogP contribution in [0.25, 0.3) is 0 Å². The van der Waals surface area contributed by atoms with Crippen molar-refractivity contribution in [3.63, 3.8) is 0 Å². The number of carbonyl (C=O) groups excluding carboxylic acids is 3. The van der Waals surface area contributed by atoms with E-state index in [0.717, 1.165) is 78.1 Å². The number of piperidine rings is 2. The number of rotatable bonds is 13. The molecule has 0 saturated carbocycles. The number of nitrogens with zero attached hydrogens (tertiary/aromatic N) is 4. The maximum atomic E-state index is 13.0. The molecule has 7 rings (SSSR count). The van der Waals surface area contributed by atoms with Crippen molar-refractivity contribution >= 4 is 53.1 Å². The maximum Gasteiger partial charge on any atom is 0.255 e. The number of benzene rings is 3. The van der Waals surface area contributed by atoms with Gasteiger partial charge in [0, 0.05) is 98.1 Å². The van der Waals surface area contributed by atoms with Gasteiger partial charge in [-0.3, -0.25) is 19.7 Å². The summed E-state index contributed by atoms with van der Waals surface area (Å²) in [5.41, 5.74) is 6.19. The monoisotopic (exact) mass is 783 g/mol. The average molecular weight is 784 g/mol. The van der Waals surface area contributed by atoms with Crippen molar-refractivity contribution in [2.75, 3.05) is 56.8 Å². The molecule has 3 amide bonds. The Balaban J connectivity index is 0.885. The first-order chi connectivity index (χ1) is 26.5. The van der Waals surface area contributed by atoms with Crippen LogP contribution in [0.2, 0.25) is 5.02 Å². The highest BCUT2D eigenvalue weighted by Gasteiger charge is 2.39. The van der Waals surface area contributed by atoms with Crippen LogP contribution in [0.15, 0.2) is 66.9 Å². The fraction of sp³-hybridized carbons (Fsp3) is 0.390. The lowest BCUT2D eigenvalue weighted by Crippen LogP contribution is -2.52. The predicted octanol–water partition coefficient (Wildman–Crippen LogP) is 5.00. The summed E-state index contributed by atoms with van der Waals surface area (Å²) in [7, 11) is -0.785. The predicted molar refractivity (Wildman–Crippen MR) is 215 cm³/mol. The van der Waals surface area contributed by atoms with Gasteiger partial charge in [0.05, 0.1) is 17.8 Å². The largest absolute Gasteiger partial charge is 0.496 e. The van der Waals surface area contributed by atoms with Crippen LogP contribution in [0, 0.1) is 0 Å². The first kappa shape index (κ1) is 38.5. The van der Waals surface area contributed by atoms with Crippen LogP contribution >= 0.6 is 18.7 Å². The van der Waals surface area contributed by atoms with E-state index in [4.69, 9.17) is 21.3 Å². The van der Waals surface area contributed by atoms with Crippen molar-refractivity contribution in [1.29, 1.82) is 0 Å². The Labute approximate surface area is 326 Å². The lowest BCUT2D eigenvalue weighted by atomic mass is 10.0. The summed E-state index contributed by atoms with van der Waals surface area (Å²) in [5.74, 6) is 0.571. The molecule has 1 atom stereocenters. The van der Waals surface area contributed by atoms with Gasteiger partial charge in [0.2, 0.25) is 11.8 Å². The third-order valence-corrected chi connectivity index (χ3v) is 12.6. The average Bonchev–Trinajstić information content (AvgIpc) is 3.49. The molecule has 2 fully saturated rings. The molecule has 1 unspecified atom stereocenters. The minimum Gasteiger partial charge on any atom is -0.496 e. The number of halogens is 1. The van der Waals surface area contributed by atoms with Crippen molar-refractivity contribution in [3.8, 4) is 5.75 Å². The van der Waals surface area contributed by atoms with Gasteiger partial charge in [-0.1, -0.05) is 41.9 Å². The molecule has 12 nitrogen and oxygen atoms in total. The second kappa shape index (κ2) is 16.5. The zero-order valence-corrected chi connectivity index (χ0v) is 33.1. The topological polar surface area (TPSA) is 146 Å². The summed E-state index contributed by atoms with van der Waals surface area (Å²) in [6.45, 7) is 7.28. The lowest BCUT2D eigenvalue weighted by molar-refractivity contribution is -0.136. The summed E-state index contributed by atoms with van der Waals surface area (Å²) in [5, 5.41) is 10.8. The molecule has 0 aliphatic carbocycles. The van der Waals surface area contributed by atoms with Gasteiger partial charge in [0.15, 0.2) is 0 Å². The molecule has 4 heterocycles. The number of aromatic nitrogens is 2. The molecule has 3 N–H and O–H groups in total. The van der Waals surface area contributed by atoms with E-state index >= 15 is 0 Å². The normalized spacial score (nSPS) is 17.7. The van der Waals surface area contributed by atoms with Crippen LogP contribution in [0.1, 0.15) is 64.2 Å². The SMILES string of the molecule is COc1cc(N2CCC(NCCNc3ccc4c(c3)CN(C3CCC(=O)NC3=O)C4=O)CC2)ccc1Cc1ncc(Cl)c(Cc2ccccc2P(C)(C)=O)n1. The molecule has 0 radical (unpaired) electrons. The van der Waals surface area contributed by atoms with E-state index in [1.54, 1.807) is 31.5 Å². The van der Waals surface area contributed by atoms with Crippen LogP contribution in [0.3, 0.4) is 0 Å². The van der Waals surface area contributed by atoms with Crippen LogP contribution in [0.5, 0.6) is 5.75 Å². The Morgan fingerprint density at radius 3 is 2.53 bits per heavy atom. The van der Waals surface area contributed by atoms with E-state index in [1.165, 1.54) is 0 Å². The minimum atomic E-state index is -2.47. The zero-order valence-electron chi connectivity index (χ0n) is 31.4. The molecule has 3 aliphatic heterocycles. The Kier molecular flexibility index (Phi) is 11.6. The molecule has 0 spiro atoms. The summed E-state index contributed by atoms with van der Waals surface area (Å²) < 4.78 is 18.8. The number of nitrogens with one attached hydrogen (secondary N) is 3. The van der Waals surface area contributed by atoms with Gasteiger partial charge < -0.3 is 29.7 Å². The molecule has 3 aromatic carbocycles. The van der Waals surface area contributed by atoms with E-state index in [2.05, 4.69) is 44.0 Å². The summed E-state index contributed by atoms with van der Waals surface area (Å²) >= 11 is 6.55. The quantitative estimate of drug-likeness (QED) is 0.0963. The van der Waals surface area contributed by atoms with Crippen LogP contribution in [-0.4, -0.2) is 91.3 Å². The molecule has 1 aromatic heterocycles. The molecule has 4 aromatic rings. The van der Waals surface area contributed by atoms with Gasteiger partial charge in [0.25, 0.3) is 5.91 Å². The number of hydrogen-bond acceptors (Lipinski definition) is 10. The lowest BCUT2D eigenvalue weighted by Gasteiger charge is -2.34. The van der Waals surface area contributed by atoms with E-state index in [1.807, 2.05) is 42.5 Å². The molecular weight excluding hydrogens is 737 g/mol. The van der Waals surface area contributed by atoms with Crippen LogP contribution in [-0.2, 0) is 33.5 Å². The Hall–Kier alpha value is -4.77. The molecular formula is C41H47ClN7O5P. The third-order valence-electron chi connectivity index (χ3n) is 10.7. The number of ether oxygens (including phenoxy) is 1. The number of carbonyl (C=O) groups is 3. The van der Waals surface area contributed by atoms with E-state index in [0.29, 0.717) is 54.0 Å². The van der Waals surface area contributed by atoms with Crippen molar-refractivity contribution in [2.45, 2.75) is 57.2 Å². The highest BCUT2D eigenvalue weighted by atomic mass is 35.5. The minimum absolute atomic E-state index is 0.165. The first-order valence-corrected chi connectivity index (χ1v) is 21.7. The maximum absolute atomic E-state index is 13.0. The van der Waals surface area contributed by atoms with Crippen molar-refractivity contribution in [3.05, 3.63) is 106 Å². The highest BCUT2D eigenvalue weighted by Crippen LogP contribution is 2.37. The summed E-state index contributed by atoms with van der Waals surface area (Å²) in [6.07, 6.45) is 5.22. The summed E-state index contributed by atoms with van der Waals surface area (Å²) in [4.78, 5) is 50.2. The number of amides is 3. The fourth-order valence-corrected chi connectivity index (χ4v) is 9.22. The first-order valence-electron chi connectivity index (χ1n) is 18.8. The van der Waals surface area contributed by atoms with Crippen molar-refractivity contribution in [2.24, 2.45) is 0 Å². The molecule has 288 valence electrons. The van der Waals surface area contributed by atoms with E-state index < -0.39 is 19.1 Å². The Bertz CT molecular complexity index is 2150. The van der Waals surface area contributed by atoms with Gasteiger partial charge in [-0.25, -0.2) is 9.97 Å². The van der Waals surface area contributed by atoms with Crippen molar-refractivity contribution in [1.82, 2.24) is 25.5 Å². The van der Waals surface area contributed by atoms with Gasteiger partial charge in [-0.15, -0.1) is 0 Å². The molecule has 2 saturated heterocycles. The van der Waals surface area contributed by atoms with E-state index in [9.17, 15) is 18.9 Å². The second-order valence-corrected chi connectivity index (χ2v) is 18.4. The van der Waals surface area contributed by atoms with E-state index in [-0.39, 0.29) is 18.2 Å². The number of hydrogen-bond donors (Lipinski definition) is 3. The van der Waals surface area contributed by atoms with Crippen LogP contribution < -0.4 is 30.9 Å². The zero-order chi connectivity index (χ0) is 38.7. The number of anilines is 2. The second-order valence-electron chi connectivity index (χ2n) is 14.8. The van der Waals surface area contributed by atoms with Gasteiger partial charge in [0.1, 0.15) is 24.8 Å². The highest BCUT2D eigenvalue weighted by molar-refractivity contribution is 7.70. The van der Waals surface area contributed by atoms with Gasteiger partial charge >= 0.3 is 0 Å². The Morgan fingerprint density at radius 1 is 0.964 bits per heavy atom. The third kappa shape index (κ3) is 8.88. The molecule has 0 bridgehead atoms. The van der Waals surface area contributed by atoms with Gasteiger partial charge in [-0.05, 0) is 68.0 Å². The standard InChI is InChI=1S/C41H47ClN7O5P/c1-54-36-23-31(10-8-26(36)22-38-45-24-33(42)34(46-38)21-27-6-4-5-7-37(27)55(2,3)53)48-18-14-29(15-19-48)43-16-17-44-30-9-11-32-28(20-30)25-49(41(32)52)35-12-13-39(50)47-40(35)51/h4-11,20,23-24,29,35,43-44H,12-19,21-22,25H2,1-3H3,(H,47,50,51). The smallest absolute Gasteiger partial charge is 0.255 e. The molecule has 3 aliphatic rings. The molecule has 14 heteroatoms. The fourth-order valence-electron chi connectivity index (χ4n) is 7.77. The number of fused-ring (bicyclic) bond motifs is 1. The van der Waals surface area contributed by atoms with Crippen LogP contribution in [0.4, 0.5) is 11.4 Å². The number of methoxy groups -OCH3 is 1. The Morgan fingerprint density at radius 2 is 1.76 bits per heavy atom. The molecule has 55 heavy (non-hydrogen) atoms.